The highest BCUT2D eigenvalue weighted by atomic mass is 16.5. The fraction of sp³-hybridized carbons (Fsp3) is 0.462. The van der Waals surface area contributed by atoms with E-state index in [9.17, 15) is 4.79 Å². The van der Waals surface area contributed by atoms with Crippen LogP contribution in [0.2, 0.25) is 0 Å². The molecule has 1 aromatic carbocycles. The summed E-state index contributed by atoms with van der Waals surface area (Å²) in [5, 5.41) is 0. The number of carbonyl (C=O) groups excluding carboxylic acids is 1. The largest absolute Gasteiger partial charge is 0.378 e. The maximum absolute atomic E-state index is 11.5. The highest BCUT2D eigenvalue weighted by Crippen LogP contribution is 2.17. The summed E-state index contributed by atoms with van der Waals surface area (Å²) < 4.78 is 5.30. The van der Waals surface area contributed by atoms with Crippen molar-refractivity contribution >= 4 is 11.5 Å². The Labute approximate surface area is 96.0 Å². The molecule has 1 aliphatic heterocycles. The topological polar surface area (TPSA) is 29.5 Å². The first kappa shape index (κ1) is 11.1. The molecule has 0 radical (unpaired) electrons. The fourth-order valence-corrected chi connectivity index (χ4v) is 1.88. The molecule has 1 fully saturated rings. The lowest BCUT2D eigenvalue weighted by Crippen LogP contribution is -2.36. The summed E-state index contributed by atoms with van der Waals surface area (Å²) in [5.74, 6) is 0.202. The Balaban J connectivity index is 2.09. The number of nitrogens with zero attached hydrogens (tertiary/aromatic N) is 1. The summed E-state index contributed by atoms with van der Waals surface area (Å²) in [6.07, 6.45) is 0.566. The first-order valence-electron chi connectivity index (χ1n) is 5.77. The third kappa shape index (κ3) is 2.42. The van der Waals surface area contributed by atoms with E-state index in [-0.39, 0.29) is 5.78 Å². The summed E-state index contributed by atoms with van der Waals surface area (Å²) in [5.41, 5.74) is 1.98. The average Bonchev–Trinajstić information content (AvgIpc) is 2.39. The van der Waals surface area contributed by atoms with Crippen molar-refractivity contribution in [2.45, 2.75) is 13.3 Å². The molecule has 0 amide bonds. The van der Waals surface area contributed by atoms with E-state index >= 15 is 0 Å². The average molecular weight is 219 g/mol. The number of benzene rings is 1. The molecule has 3 nitrogen and oxygen atoms in total. The minimum Gasteiger partial charge on any atom is -0.378 e. The van der Waals surface area contributed by atoms with Gasteiger partial charge in [-0.05, 0) is 24.3 Å². The van der Waals surface area contributed by atoms with Crippen LogP contribution in [0.1, 0.15) is 23.7 Å². The van der Waals surface area contributed by atoms with Crippen molar-refractivity contribution < 1.29 is 9.53 Å². The molecule has 3 heteroatoms. The zero-order valence-corrected chi connectivity index (χ0v) is 9.61. The second-order valence-corrected chi connectivity index (χ2v) is 3.92. The van der Waals surface area contributed by atoms with Crippen LogP contribution in [0.15, 0.2) is 24.3 Å². The summed E-state index contributed by atoms with van der Waals surface area (Å²) in [6.45, 7) is 5.33. The normalized spacial score (nSPS) is 16.2. The van der Waals surface area contributed by atoms with Gasteiger partial charge in [0.2, 0.25) is 0 Å². The van der Waals surface area contributed by atoms with E-state index in [4.69, 9.17) is 4.74 Å². The third-order valence-electron chi connectivity index (χ3n) is 2.89. The Hall–Kier alpha value is -1.35. The van der Waals surface area contributed by atoms with E-state index in [0.717, 1.165) is 31.9 Å². The van der Waals surface area contributed by atoms with E-state index < -0.39 is 0 Å². The molecule has 0 bridgehead atoms. The lowest BCUT2D eigenvalue weighted by Gasteiger charge is -2.28. The Morgan fingerprint density at radius 3 is 2.44 bits per heavy atom. The zero-order valence-electron chi connectivity index (χ0n) is 9.61. The van der Waals surface area contributed by atoms with Crippen LogP contribution in [-0.2, 0) is 4.74 Å². The van der Waals surface area contributed by atoms with Gasteiger partial charge in [0, 0.05) is 30.8 Å². The van der Waals surface area contributed by atoms with Gasteiger partial charge >= 0.3 is 0 Å². The predicted molar refractivity (Wildman–Crippen MR) is 64.1 cm³/mol. The van der Waals surface area contributed by atoms with E-state index in [1.54, 1.807) is 0 Å². The predicted octanol–water partition coefficient (Wildman–Crippen LogP) is 2.12. The maximum atomic E-state index is 11.5. The molecule has 0 spiro atoms. The van der Waals surface area contributed by atoms with Crippen molar-refractivity contribution in [3.63, 3.8) is 0 Å². The number of hydrogen-bond donors (Lipinski definition) is 0. The highest BCUT2D eigenvalue weighted by molar-refractivity contribution is 5.96. The summed E-state index contributed by atoms with van der Waals surface area (Å²) in [7, 11) is 0. The van der Waals surface area contributed by atoms with Crippen molar-refractivity contribution in [3.05, 3.63) is 29.8 Å². The number of hydrogen-bond acceptors (Lipinski definition) is 3. The second-order valence-electron chi connectivity index (χ2n) is 3.92. The first-order valence-corrected chi connectivity index (χ1v) is 5.77. The number of rotatable bonds is 3. The maximum Gasteiger partial charge on any atom is 0.162 e. The lowest BCUT2D eigenvalue weighted by molar-refractivity contribution is 0.0988. The van der Waals surface area contributed by atoms with E-state index in [1.165, 1.54) is 5.69 Å². The molecule has 16 heavy (non-hydrogen) atoms. The Kier molecular flexibility index (Phi) is 3.57. The number of ketones is 1. The van der Waals surface area contributed by atoms with Crippen LogP contribution in [0.3, 0.4) is 0 Å². The number of ether oxygens (including phenoxy) is 1. The van der Waals surface area contributed by atoms with Crippen molar-refractivity contribution in [1.82, 2.24) is 0 Å². The van der Waals surface area contributed by atoms with Crippen LogP contribution in [0, 0.1) is 0 Å². The highest BCUT2D eigenvalue weighted by Gasteiger charge is 2.11. The molecular weight excluding hydrogens is 202 g/mol. The molecule has 86 valence electrons. The molecule has 0 aromatic heterocycles. The van der Waals surface area contributed by atoms with Gasteiger partial charge in [-0.1, -0.05) is 6.92 Å². The van der Waals surface area contributed by atoms with Crippen LogP contribution in [0.4, 0.5) is 5.69 Å². The Bertz CT molecular complexity index is 353. The molecule has 2 rings (SSSR count). The van der Waals surface area contributed by atoms with Crippen LogP contribution < -0.4 is 4.90 Å². The van der Waals surface area contributed by atoms with Crippen molar-refractivity contribution in [1.29, 1.82) is 0 Å². The van der Waals surface area contributed by atoms with Crippen molar-refractivity contribution in [3.8, 4) is 0 Å². The minimum absolute atomic E-state index is 0.202. The molecule has 1 aromatic rings. The molecule has 1 saturated heterocycles. The van der Waals surface area contributed by atoms with Gasteiger partial charge in [0.25, 0.3) is 0 Å². The minimum atomic E-state index is 0.202. The monoisotopic (exact) mass is 219 g/mol. The van der Waals surface area contributed by atoms with E-state index in [1.807, 2.05) is 31.2 Å². The zero-order chi connectivity index (χ0) is 11.4. The molecule has 0 unspecified atom stereocenters. The smallest absolute Gasteiger partial charge is 0.162 e. The van der Waals surface area contributed by atoms with Gasteiger partial charge in [-0.2, -0.15) is 0 Å². The quantitative estimate of drug-likeness (QED) is 0.729. The van der Waals surface area contributed by atoms with Gasteiger partial charge in [-0.15, -0.1) is 0 Å². The molecule has 0 N–H and O–H groups in total. The molecular formula is C13H17NO2. The van der Waals surface area contributed by atoms with Crippen LogP contribution in [0.5, 0.6) is 0 Å². The van der Waals surface area contributed by atoms with Crippen molar-refractivity contribution in [2.24, 2.45) is 0 Å². The SMILES string of the molecule is CCC(=O)c1ccc(N2CCOCC2)cc1. The van der Waals surface area contributed by atoms with Crippen LogP contribution in [0.25, 0.3) is 0 Å². The molecule has 0 aliphatic carbocycles. The number of morpholine rings is 1. The molecule has 1 heterocycles. The first-order chi connectivity index (χ1) is 7.81. The van der Waals surface area contributed by atoms with Gasteiger partial charge in [-0.25, -0.2) is 0 Å². The molecule has 1 aliphatic rings. The molecule has 0 atom stereocenters. The van der Waals surface area contributed by atoms with Crippen LogP contribution >= 0.6 is 0 Å². The van der Waals surface area contributed by atoms with Gasteiger partial charge in [0.15, 0.2) is 5.78 Å². The molecule has 0 saturated carbocycles. The van der Waals surface area contributed by atoms with Crippen LogP contribution in [-0.4, -0.2) is 32.1 Å². The summed E-state index contributed by atoms with van der Waals surface area (Å²) in [4.78, 5) is 13.7. The van der Waals surface area contributed by atoms with Gasteiger partial charge in [0.05, 0.1) is 13.2 Å². The third-order valence-corrected chi connectivity index (χ3v) is 2.89. The van der Waals surface area contributed by atoms with E-state index in [2.05, 4.69) is 4.90 Å². The number of Topliss-reactive ketones (excluding diaryl/α,β-unsaturated/α-hetero) is 1. The summed E-state index contributed by atoms with van der Waals surface area (Å²) >= 11 is 0. The Morgan fingerprint density at radius 2 is 1.88 bits per heavy atom. The van der Waals surface area contributed by atoms with Crippen molar-refractivity contribution in [2.75, 3.05) is 31.2 Å². The summed E-state index contributed by atoms with van der Waals surface area (Å²) in [6, 6.07) is 7.87. The van der Waals surface area contributed by atoms with E-state index in [0.29, 0.717) is 6.42 Å². The number of anilines is 1. The van der Waals surface area contributed by atoms with Gasteiger partial charge in [-0.3, -0.25) is 4.79 Å². The van der Waals surface area contributed by atoms with Gasteiger partial charge in [0.1, 0.15) is 0 Å². The Morgan fingerprint density at radius 1 is 1.25 bits per heavy atom. The second kappa shape index (κ2) is 5.12. The fourth-order valence-electron chi connectivity index (χ4n) is 1.88. The van der Waals surface area contributed by atoms with Gasteiger partial charge < -0.3 is 9.64 Å². The number of carbonyl (C=O) groups is 1. The lowest BCUT2D eigenvalue weighted by atomic mass is 10.1. The standard InChI is InChI=1S/C13H17NO2/c1-2-13(15)11-3-5-12(6-4-11)14-7-9-16-10-8-14/h3-6H,2,7-10H2,1H3.